The number of aryl methyl sites for hydroxylation is 1. The van der Waals surface area contributed by atoms with E-state index in [1.54, 1.807) is 18.2 Å². The molecule has 2 nitrogen and oxygen atoms in total. The van der Waals surface area contributed by atoms with Gasteiger partial charge in [0.05, 0.1) is 0 Å². The van der Waals surface area contributed by atoms with Crippen LogP contribution in [0.3, 0.4) is 0 Å². The van der Waals surface area contributed by atoms with Crippen LogP contribution in [0.25, 0.3) is 0 Å². The van der Waals surface area contributed by atoms with E-state index in [9.17, 15) is 4.79 Å². The number of hydrogen-bond acceptors (Lipinski definition) is 1. The lowest BCUT2D eigenvalue weighted by Crippen LogP contribution is -2.38. The molecule has 0 bridgehead atoms. The Kier molecular flexibility index (Phi) is 5.97. The summed E-state index contributed by atoms with van der Waals surface area (Å²) < 4.78 is 0. The molecular weight excluding hydrogens is 269 g/mol. The summed E-state index contributed by atoms with van der Waals surface area (Å²) in [7, 11) is 0. The van der Waals surface area contributed by atoms with Crippen LogP contribution in [0.1, 0.15) is 36.2 Å². The second-order valence-electron chi connectivity index (χ2n) is 4.77. The molecule has 0 fully saturated rings. The number of benzene rings is 1. The van der Waals surface area contributed by atoms with Crippen molar-refractivity contribution in [3.63, 3.8) is 0 Å². The molecule has 1 amide bonds. The predicted octanol–water partition coefficient (Wildman–Crippen LogP) is 4.03. The topological polar surface area (TPSA) is 29.1 Å². The number of hydrogen-bond donors (Lipinski definition) is 1. The average Bonchev–Trinajstić information content (AvgIpc) is 2.31. The first-order valence-electron chi connectivity index (χ1n) is 6.08. The van der Waals surface area contributed by atoms with Crippen LogP contribution in [0.15, 0.2) is 18.2 Å². The Morgan fingerprint density at radius 2 is 2.06 bits per heavy atom. The SMILES string of the molecule is Cc1cc(C(=O)NC(CCCl)C(C)C)ccc1Cl. The van der Waals surface area contributed by atoms with Gasteiger partial charge in [0.15, 0.2) is 0 Å². The van der Waals surface area contributed by atoms with Gasteiger partial charge < -0.3 is 5.32 Å². The molecule has 0 saturated heterocycles. The molecule has 0 heterocycles. The molecule has 0 spiro atoms. The van der Waals surface area contributed by atoms with Crippen LogP contribution in [0.5, 0.6) is 0 Å². The molecule has 1 atom stereocenters. The van der Waals surface area contributed by atoms with Crippen LogP contribution >= 0.6 is 23.2 Å². The third-order valence-electron chi connectivity index (χ3n) is 2.96. The number of carbonyl (C=O) groups excluding carboxylic acids is 1. The first kappa shape index (κ1) is 15.3. The molecule has 1 aromatic carbocycles. The first-order valence-corrected chi connectivity index (χ1v) is 7.00. The third-order valence-corrected chi connectivity index (χ3v) is 3.60. The predicted molar refractivity (Wildman–Crippen MR) is 77.6 cm³/mol. The van der Waals surface area contributed by atoms with Gasteiger partial charge in [0.2, 0.25) is 0 Å². The van der Waals surface area contributed by atoms with Gasteiger partial charge in [0, 0.05) is 22.5 Å². The summed E-state index contributed by atoms with van der Waals surface area (Å²) in [6.07, 6.45) is 0.775. The minimum atomic E-state index is -0.0708. The molecule has 0 saturated carbocycles. The van der Waals surface area contributed by atoms with Crippen LogP contribution in [-0.4, -0.2) is 17.8 Å². The molecule has 0 aliphatic carbocycles. The van der Waals surface area contributed by atoms with Crippen LogP contribution in [0, 0.1) is 12.8 Å². The zero-order valence-electron chi connectivity index (χ0n) is 11.0. The fraction of sp³-hybridized carbons (Fsp3) is 0.500. The smallest absolute Gasteiger partial charge is 0.251 e. The number of rotatable bonds is 5. The van der Waals surface area contributed by atoms with Gasteiger partial charge in [-0.1, -0.05) is 25.4 Å². The summed E-state index contributed by atoms with van der Waals surface area (Å²) in [5.41, 5.74) is 1.54. The molecule has 1 aromatic rings. The van der Waals surface area contributed by atoms with Crippen molar-refractivity contribution in [3.8, 4) is 0 Å². The monoisotopic (exact) mass is 287 g/mol. The van der Waals surface area contributed by atoms with Crippen LogP contribution in [0.2, 0.25) is 5.02 Å². The first-order chi connectivity index (χ1) is 8.45. The molecule has 0 aliphatic rings. The maximum atomic E-state index is 12.1. The lowest BCUT2D eigenvalue weighted by molar-refractivity contribution is 0.0925. The normalized spacial score (nSPS) is 12.6. The van der Waals surface area contributed by atoms with Crippen molar-refractivity contribution in [2.45, 2.75) is 33.2 Å². The molecular formula is C14H19Cl2NO. The molecule has 0 radical (unpaired) electrons. The molecule has 0 aliphatic heterocycles. The standard InChI is InChI=1S/C14H19Cl2NO/c1-9(2)13(6-7-15)17-14(18)11-4-5-12(16)10(3)8-11/h4-5,8-9,13H,6-7H2,1-3H3,(H,17,18). The number of carbonyl (C=O) groups is 1. The minimum absolute atomic E-state index is 0.0708. The van der Waals surface area contributed by atoms with Crippen molar-refractivity contribution in [3.05, 3.63) is 34.3 Å². The quantitative estimate of drug-likeness (QED) is 0.814. The zero-order valence-corrected chi connectivity index (χ0v) is 12.5. The lowest BCUT2D eigenvalue weighted by Gasteiger charge is -2.21. The summed E-state index contributed by atoms with van der Waals surface area (Å²) >= 11 is 11.7. The van der Waals surface area contributed by atoms with E-state index >= 15 is 0 Å². The van der Waals surface area contributed by atoms with Gasteiger partial charge in [-0.3, -0.25) is 4.79 Å². The van der Waals surface area contributed by atoms with Crippen LogP contribution in [0.4, 0.5) is 0 Å². The van der Waals surface area contributed by atoms with Gasteiger partial charge in [0.25, 0.3) is 5.91 Å². The Labute approximate surface area is 119 Å². The highest BCUT2D eigenvalue weighted by Gasteiger charge is 2.16. The van der Waals surface area contributed by atoms with Gasteiger partial charge in [-0.05, 0) is 43.0 Å². The lowest BCUT2D eigenvalue weighted by atomic mass is 10.0. The van der Waals surface area contributed by atoms with Gasteiger partial charge in [-0.25, -0.2) is 0 Å². The summed E-state index contributed by atoms with van der Waals surface area (Å²) in [4.78, 5) is 12.1. The van der Waals surface area contributed by atoms with E-state index in [0.29, 0.717) is 22.4 Å². The number of amides is 1. The highest BCUT2D eigenvalue weighted by atomic mass is 35.5. The largest absolute Gasteiger partial charge is 0.349 e. The Morgan fingerprint density at radius 3 is 2.56 bits per heavy atom. The summed E-state index contributed by atoms with van der Waals surface area (Å²) in [6.45, 7) is 6.03. The maximum Gasteiger partial charge on any atom is 0.251 e. The van der Waals surface area contributed by atoms with E-state index in [2.05, 4.69) is 19.2 Å². The van der Waals surface area contributed by atoms with E-state index in [1.165, 1.54) is 0 Å². The second-order valence-corrected chi connectivity index (χ2v) is 5.55. The van der Waals surface area contributed by atoms with E-state index in [0.717, 1.165) is 12.0 Å². The fourth-order valence-electron chi connectivity index (χ4n) is 1.73. The summed E-state index contributed by atoms with van der Waals surface area (Å²) in [5, 5.41) is 3.69. The van der Waals surface area contributed by atoms with Gasteiger partial charge >= 0.3 is 0 Å². The molecule has 100 valence electrons. The Bertz CT molecular complexity index is 418. The second kappa shape index (κ2) is 7.01. The Morgan fingerprint density at radius 1 is 1.39 bits per heavy atom. The van der Waals surface area contributed by atoms with E-state index in [1.807, 2.05) is 6.92 Å². The minimum Gasteiger partial charge on any atom is -0.349 e. The third kappa shape index (κ3) is 4.18. The number of nitrogens with one attached hydrogen (secondary N) is 1. The van der Waals surface area contributed by atoms with Gasteiger partial charge in [0.1, 0.15) is 0 Å². The van der Waals surface area contributed by atoms with Crippen LogP contribution < -0.4 is 5.32 Å². The highest BCUT2D eigenvalue weighted by Crippen LogP contribution is 2.17. The van der Waals surface area contributed by atoms with Gasteiger partial charge in [-0.15, -0.1) is 11.6 Å². The zero-order chi connectivity index (χ0) is 13.7. The molecule has 1 unspecified atom stereocenters. The number of alkyl halides is 1. The van der Waals surface area contributed by atoms with Crippen molar-refractivity contribution in [1.82, 2.24) is 5.32 Å². The highest BCUT2D eigenvalue weighted by molar-refractivity contribution is 6.31. The number of halogens is 2. The van der Waals surface area contributed by atoms with E-state index < -0.39 is 0 Å². The summed E-state index contributed by atoms with van der Waals surface area (Å²) in [5.74, 6) is 0.836. The van der Waals surface area contributed by atoms with Crippen molar-refractivity contribution < 1.29 is 4.79 Å². The maximum absolute atomic E-state index is 12.1. The van der Waals surface area contributed by atoms with E-state index in [-0.39, 0.29) is 11.9 Å². The summed E-state index contributed by atoms with van der Waals surface area (Å²) in [6, 6.07) is 5.39. The van der Waals surface area contributed by atoms with Crippen molar-refractivity contribution >= 4 is 29.1 Å². The molecule has 4 heteroatoms. The van der Waals surface area contributed by atoms with Crippen molar-refractivity contribution in [2.75, 3.05) is 5.88 Å². The fourth-order valence-corrected chi connectivity index (χ4v) is 2.08. The molecule has 1 rings (SSSR count). The molecule has 1 N–H and O–H groups in total. The Hall–Kier alpha value is -0.730. The van der Waals surface area contributed by atoms with Gasteiger partial charge in [-0.2, -0.15) is 0 Å². The van der Waals surface area contributed by atoms with Crippen LogP contribution in [-0.2, 0) is 0 Å². The average molecular weight is 288 g/mol. The van der Waals surface area contributed by atoms with Crippen molar-refractivity contribution in [2.24, 2.45) is 5.92 Å². The van der Waals surface area contributed by atoms with E-state index in [4.69, 9.17) is 23.2 Å². The molecule has 18 heavy (non-hydrogen) atoms. The molecule has 0 aromatic heterocycles. The Balaban J connectivity index is 2.77. The van der Waals surface area contributed by atoms with Crippen molar-refractivity contribution in [1.29, 1.82) is 0 Å².